The molecule has 0 unspecified atom stereocenters. The van der Waals surface area contributed by atoms with Crippen molar-refractivity contribution in [1.82, 2.24) is 4.98 Å². The summed E-state index contributed by atoms with van der Waals surface area (Å²) in [6.07, 6.45) is 0. The molecule has 0 fully saturated rings. The first-order chi connectivity index (χ1) is 15.5. The van der Waals surface area contributed by atoms with Crippen LogP contribution in [0.1, 0.15) is 17.4 Å². The molecule has 3 aromatic carbocycles. The molecule has 4 aromatic rings. The summed E-state index contributed by atoms with van der Waals surface area (Å²) in [5.74, 6) is 0.718. The van der Waals surface area contributed by atoms with Crippen molar-refractivity contribution in [3.05, 3.63) is 77.2 Å². The van der Waals surface area contributed by atoms with Gasteiger partial charge in [-0.3, -0.25) is 0 Å². The van der Waals surface area contributed by atoms with Crippen LogP contribution in [0.5, 0.6) is 17.2 Å². The zero-order valence-corrected chi connectivity index (χ0v) is 18.1. The van der Waals surface area contributed by atoms with Crippen molar-refractivity contribution >= 4 is 39.8 Å². The molecule has 2 N–H and O–H groups in total. The topological polar surface area (TPSA) is 72.6 Å². The van der Waals surface area contributed by atoms with E-state index in [1.807, 2.05) is 12.1 Å². The van der Waals surface area contributed by atoms with E-state index in [1.54, 1.807) is 56.5 Å². The van der Waals surface area contributed by atoms with Crippen molar-refractivity contribution in [2.24, 2.45) is 0 Å². The molecule has 1 heterocycles. The van der Waals surface area contributed by atoms with Gasteiger partial charge in [-0.25, -0.2) is 9.18 Å². The molecule has 1 aromatic heterocycles. The number of H-pyrrole nitrogens is 1. The van der Waals surface area contributed by atoms with Crippen LogP contribution in [-0.2, 0) is 4.74 Å². The van der Waals surface area contributed by atoms with Crippen molar-refractivity contribution in [2.45, 2.75) is 6.92 Å². The number of nitrogens with one attached hydrogen (secondary N) is 2. The molecular weight excluding hydrogens is 435 g/mol. The Kier molecular flexibility index (Phi) is 6.18. The third-order valence-electron chi connectivity index (χ3n) is 4.72. The minimum atomic E-state index is -0.545. The number of ether oxygens (including phenoxy) is 3. The normalized spacial score (nSPS) is 10.8. The molecule has 0 aliphatic rings. The van der Waals surface area contributed by atoms with Gasteiger partial charge in [0, 0.05) is 22.8 Å². The second-order valence-electron chi connectivity index (χ2n) is 6.84. The van der Waals surface area contributed by atoms with Crippen LogP contribution in [0.25, 0.3) is 10.9 Å². The van der Waals surface area contributed by atoms with Gasteiger partial charge >= 0.3 is 5.97 Å². The number of fused-ring (bicyclic) bond motifs is 1. The predicted molar refractivity (Wildman–Crippen MR) is 122 cm³/mol. The zero-order chi connectivity index (χ0) is 22.7. The number of halogens is 2. The number of carbonyl (C=O) groups is 1. The summed E-state index contributed by atoms with van der Waals surface area (Å²) in [6.45, 7) is 1.93. The molecule has 0 saturated carbocycles. The van der Waals surface area contributed by atoms with Crippen molar-refractivity contribution in [1.29, 1.82) is 0 Å². The zero-order valence-electron chi connectivity index (χ0n) is 17.4. The lowest BCUT2D eigenvalue weighted by Crippen LogP contribution is -2.04. The first-order valence-corrected chi connectivity index (χ1v) is 10.2. The molecule has 32 heavy (non-hydrogen) atoms. The Bertz CT molecular complexity index is 1290. The second-order valence-corrected chi connectivity index (χ2v) is 7.25. The number of benzene rings is 3. The Morgan fingerprint density at radius 2 is 1.91 bits per heavy atom. The molecule has 0 aliphatic carbocycles. The lowest BCUT2D eigenvalue weighted by atomic mass is 10.2. The van der Waals surface area contributed by atoms with Gasteiger partial charge in [-0.1, -0.05) is 17.7 Å². The molecule has 6 nitrogen and oxygen atoms in total. The minimum Gasteiger partial charge on any atom is -0.497 e. The van der Waals surface area contributed by atoms with Crippen LogP contribution in [0.2, 0.25) is 5.02 Å². The van der Waals surface area contributed by atoms with Crippen LogP contribution < -0.4 is 14.8 Å². The Labute approximate surface area is 188 Å². The van der Waals surface area contributed by atoms with E-state index < -0.39 is 11.8 Å². The van der Waals surface area contributed by atoms with Gasteiger partial charge in [0.15, 0.2) is 0 Å². The number of esters is 1. The van der Waals surface area contributed by atoms with Crippen LogP contribution in [-0.4, -0.2) is 24.7 Å². The van der Waals surface area contributed by atoms with Gasteiger partial charge in [-0.2, -0.15) is 0 Å². The summed E-state index contributed by atoms with van der Waals surface area (Å²) in [4.78, 5) is 14.8. The fourth-order valence-electron chi connectivity index (χ4n) is 3.22. The Morgan fingerprint density at radius 1 is 1.09 bits per heavy atom. The summed E-state index contributed by atoms with van der Waals surface area (Å²) >= 11 is 6.42. The lowest BCUT2D eigenvalue weighted by molar-refractivity contribution is 0.0520. The first kappa shape index (κ1) is 21.5. The highest BCUT2D eigenvalue weighted by Gasteiger charge is 2.16. The highest BCUT2D eigenvalue weighted by molar-refractivity contribution is 6.32. The molecule has 0 aliphatic heterocycles. The number of rotatable bonds is 7. The van der Waals surface area contributed by atoms with Crippen molar-refractivity contribution in [3.63, 3.8) is 0 Å². The number of anilines is 2. The van der Waals surface area contributed by atoms with E-state index >= 15 is 0 Å². The molecule has 4 rings (SSSR count). The van der Waals surface area contributed by atoms with Crippen LogP contribution in [0.15, 0.2) is 60.7 Å². The van der Waals surface area contributed by atoms with E-state index in [1.165, 1.54) is 6.07 Å². The smallest absolute Gasteiger partial charge is 0.354 e. The molecule has 0 amide bonds. The molecule has 0 spiro atoms. The summed E-state index contributed by atoms with van der Waals surface area (Å²) in [5, 5.41) is 4.11. The maximum absolute atomic E-state index is 14.3. The van der Waals surface area contributed by atoms with Crippen molar-refractivity contribution < 1.29 is 23.4 Å². The van der Waals surface area contributed by atoms with Gasteiger partial charge in [-0.15, -0.1) is 0 Å². The molecule has 0 radical (unpaired) electrons. The molecular formula is C24H20ClFN2O4. The molecule has 0 bridgehead atoms. The molecule has 0 saturated heterocycles. The van der Waals surface area contributed by atoms with E-state index in [0.29, 0.717) is 39.0 Å². The lowest BCUT2D eigenvalue weighted by Gasteiger charge is -2.12. The number of hydrogen-bond acceptors (Lipinski definition) is 5. The first-order valence-electron chi connectivity index (χ1n) is 9.85. The van der Waals surface area contributed by atoms with Crippen LogP contribution >= 0.6 is 11.6 Å². The average molecular weight is 455 g/mol. The van der Waals surface area contributed by atoms with Crippen molar-refractivity contribution in [2.75, 3.05) is 19.0 Å². The summed E-state index contributed by atoms with van der Waals surface area (Å²) in [5.41, 5.74) is 1.66. The highest BCUT2D eigenvalue weighted by Crippen LogP contribution is 2.35. The van der Waals surface area contributed by atoms with Gasteiger partial charge in [0.2, 0.25) is 0 Å². The van der Waals surface area contributed by atoms with Gasteiger partial charge in [0.1, 0.15) is 28.8 Å². The Hall–Kier alpha value is -3.71. The summed E-state index contributed by atoms with van der Waals surface area (Å²) in [6, 6.07) is 16.9. The van der Waals surface area contributed by atoms with Gasteiger partial charge in [0.05, 0.1) is 24.3 Å². The van der Waals surface area contributed by atoms with E-state index in [0.717, 1.165) is 0 Å². The largest absolute Gasteiger partial charge is 0.497 e. The number of aromatic nitrogens is 1. The number of hydrogen-bond donors (Lipinski definition) is 2. The van der Waals surface area contributed by atoms with Crippen LogP contribution in [0, 0.1) is 5.82 Å². The SMILES string of the molecule is CCOC(=O)c1cc2c(Nc3ccc(Oc4cccc(OC)c4)c(Cl)c3)ccc(F)c2[nH]1. The third-order valence-corrected chi connectivity index (χ3v) is 5.01. The van der Waals surface area contributed by atoms with E-state index in [2.05, 4.69) is 10.3 Å². The van der Waals surface area contributed by atoms with Crippen molar-refractivity contribution in [3.8, 4) is 17.2 Å². The number of carbonyl (C=O) groups excluding carboxylic acids is 1. The number of methoxy groups -OCH3 is 1. The predicted octanol–water partition coefficient (Wildman–Crippen LogP) is 6.68. The fourth-order valence-corrected chi connectivity index (χ4v) is 3.44. The highest BCUT2D eigenvalue weighted by atomic mass is 35.5. The number of aromatic amines is 1. The summed E-state index contributed by atoms with van der Waals surface area (Å²) in [7, 11) is 1.58. The average Bonchev–Trinajstić information content (AvgIpc) is 3.25. The Balaban J connectivity index is 1.59. The maximum Gasteiger partial charge on any atom is 0.354 e. The molecule has 164 valence electrons. The van der Waals surface area contributed by atoms with E-state index in [9.17, 15) is 9.18 Å². The Morgan fingerprint density at radius 3 is 2.66 bits per heavy atom. The standard InChI is InChI=1S/C24H20ClFN2O4/c1-3-31-24(29)21-13-17-20(9-8-19(26)23(17)28-21)27-14-7-10-22(18(25)11-14)32-16-6-4-5-15(12-16)30-2/h4-13,27-28H,3H2,1-2H3. The monoisotopic (exact) mass is 454 g/mol. The van der Waals surface area contributed by atoms with Gasteiger partial charge < -0.3 is 24.5 Å². The molecule has 8 heteroatoms. The van der Waals surface area contributed by atoms with Gasteiger partial charge in [0.25, 0.3) is 0 Å². The summed E-state index contributed by atoms with van der Waals surface area (Å²) < 4.78 is 30.3. The maximum atomic E-state index is 14.3. The quantitative estimate of drug-likeness (QED) is 0.305. The van der Waals surface area contributed by atoms with Crippen LogP contribution in [0.4, 0.5) is 15.8 Å². The van der Waals surface area contributed by atoms with E-state index in [-0.39, 0.29) is 17.8 Å². The van der Waals surface area contributed by atoms with E-state index in [4.69, 9.17) is 25.8 Å². The second kappa shape index (κ2) is 9.20. The minimum absolute atomic E-state index is 0.176. The molecule has 0 atom stereocenters. The third kappa shape index (κ3) is 4.48. The van der Waals surface area contributed by atoms with Gasteiger partial charge in [-0.05, 0) is 55.5 Å². The van der Waals surface area contributed by atoms with Crippen LogP contribution in [0.3, 0.4) is 0 Å². The fraction of sp³-hybridized carbons (Fsp3) is 0.125.